The molecule has 7 heteroatoms. The van der Waals surface area contributed by atoms with Crippen LogP contribution >= 0.6 is 0 Å². The Kier molecular flexibility index (Phi) is 4.24. The van der Waals surface area contributed by atoms with Crippen molar-refractivity contribution in [1.82, 2.24) is 14.7 Å². The third-order valence-corrected chi connectivity index (χ3v) is 4.29. The van der Waals surface area contributed by atoms with Crippen LogP contribution in [0.1, 0.15) is 35.3 Å². The molecule has 1 aromatic heterocycles. The monoisotopic (exact) mass is 329 g/mol. The summed E-state index contributed by atoms with van der Waals surface area (Å²) in [5, 5.41) is 12.1. The van der Waals surface area contributed by atoms with Crippen LogP contribution in [0.4, 0.5) is 0 Å². The van der Waals surface area contributed by atoms with E-state index in [4.69, 9.17) is 0 Å². The number of aryl methyl sites for hydroxylation is 1. The van der Waals surface area contributed by atoms with Crippen molar-refractivity contribution >= 4 is 11.9 Å². The zero-order valence-electron chi connectivity index (χ0n) is 13.4. The summed E-state index contributed by atoms with van der Waals surface area (Å²) in [5.41, 5.74) is 1.44. The van der Waals surface area contributed by atoms with Gasteiger partial charge in [-0.25, -0.2) is 9.48 Å². The van der Waals surface area contributed by atoms with Crippen molar-refractivity contribution in [2.45, 2.75) is 32.2 Å². The van der Waals surface area contributed by atoms with Crippen LogP contribution in [0.2, 0.25) is 0 Å². The number of amides is 1. The van der Waals surface area contributed by atoms with Crippen LogP contribution in [0, 0.1) is 6.92 Å². The van der Waals surface area contributed by atoms with Gasteiger partial charge in [0.1, 0.15) is 11.7 Å². The van der Waals surface area contributed by atoms with Crippen LogP contribution < -0.4 is 5.56 Å². The molecule has 2 heterocycles. The Morgan fingerprint density at radius 2 is 1.92 bits per heavy atom. The normalized spacial score (nSPS) is 17.7. The van der Waals surface area contributed by atoms with Crippen molar-refractivity contribution in [3.8, 4) is 5.69 Å². The van der Waals surface area contributed by atoms with Gasteiger partial charge in [-0.1, -0.05) is 17.7 Å². The number of likely N-dealkylation sites (tertiary alicyclic amines) is 1. The molecule has 1 fully saturated rings. The number of benzene rings is 1. The molecule has 2 aromatic rings. The lowest BCUT2D eigenvalue weighted by molar-refractivity contribution is -0.143. The molecule has 1 unspecified atom stereocenters. The second-order valence-corrected chi connectivity index (χ2v) is 6.03. The first kappa shape index (κ1) is 16.0. The molecule has 1 aliphatic heterocycles. The molecule has 126 valence electrons. The maximum atomic E-state index is 12.6. The molecule has 1 atom stereocenters. The van der Waals surface area contributed by atoms with Crippen LogP contribution in [0.15, 0.2) is 35.1 Å². The van der Waals surface area contributed by atoms with E-state index in [1.807, 2.05) is 19.1 Å². The molecule has 0 bridgehead atoms. The van der Waals surface area contributed by atoms with Gasteiger partial charge in [-0.15, -0.1) is 0 Å². The predicted molar refractivity (Wildman–Crippen MR) is 87.4 cm³/mol. The van der Waals surface area contributed by atoms with Gasteiger partial charge in [0.25, 0.3) is 11.5 Å². The molecule has 0 saturated carbocycles. The highest BCUT2D eigenvalue weighted by Crippen LogP contribution is 2.19. The van der Waals surface area contributed by atoms with Gasteiger partial charge >= 0.3 is 5.97 Å². The SMILES string of the molecule is Cc1ccc(-n2[nH]c(C(=O)N3CCCCC3C(=O)O)cc2=O)cc1. The van der Waals surface area contributed by atoms with Crippen LogP contribution in [-0.2, 0) is 4.79 Å². The van der Waals surface area contributed by atoms with E-state index >= 15 is 0 Å². The fraction of sp³-hybridized carbons (Fsp3) is 0.353. The lowest BCUT2D eigenvalue weighted by atomic mass is 10.0. The van der Waals surface area contributed by atoms with E-state index in [2.05, 4.69) is 5.10 Å². The summed E-state index contributed by atoms with van der Waals surface area (Å²) in [7, 11) is 0. The van der Waals surface area contributed by atoms with Crippen molar-refractivity contribution in [2.75, 3.05) is 6.54 Å². The van der Waals surface area contributed by atoms with Gasteiger partial charge in [0.05, 0.1) is 5.69 Å². The number of carboxylic acids is 1. The second-order valence-electron chi connectivity index (χ2n) is 6.03. The molecule has 7 nitrogen and oxygen atoms in total. The minimum absolute atomic E-state index is 0.105. The topological polar surface area (TPSA) is 95.4 Å². The Morgan fingerprint density at radius 1 is 1.21 bits per heavy atom. The number of aromatic nitrogens is 2. The van der Waals surface area contributed by atoms with E-state index in [1.165, 1.54) is 15.6 Å². The number of nitrogens with zero attached hydrogens (tertiary/aromatic N) is 2. The largest absolute Gasteiger partial charge is 0.480 e. The molecular weight excluding hydrogens is 310 g/mol. The number of carbonyl (C=O) groups excluding carboxylic acids is 1. The van der Waals surface area contributed by atoms with Gasteiger partial charge in [-0.05, 0) is 38.3 Å². The molecule has 2 N–H and O–H groups in total. The number of hydrogen-bond donors (Lipinski definition) is 2. The van der Waals surface area contributed by atoms with Crippen LogP contribution in [0.5, 0.6) is 0 Å². The molecule has 1 aliphatic rings. The van der Waals surface area contributed by atoms with Gasteiger partial charge in [-0.3, -0.25) is 14.7 Å². The number of hydrogen-bond acceptors (Lipinski definition) is 3. The number of H-pyrrole nitrogens is 1. The quantitative estimate of drug-likeness (QED) is 0.893. The van der Waals surface area contributed by atoms with Gasteiger partial charge in [-0.2, -0.15) is 0 Å². The Balaban J connectivity index is 1.91. The molecule has 0 aliphatic carbocycles. The van der Waals surface area contributed by atoms with E-state index in [1.54, 1.807) is 12.1 Å². The Hall–Kier alpha value is -2.83. The minimum Gasteiger partial charge on any atom is -0.480 e. The van der Waals surface area contributed by atoms with Gasteiger partial charge in [0.15, 0.2) is 0 Å². The summed E-state index contributed by atoms with van der Waals surface area (Å²) in [6, 6.07) is 7.68. The zero-order valence-corrected chi connectivity index (χ0v) is 13.4. The maximum absolute atomic E-state index is 12.6. The Morgan fingerprint density at radius 3 is 2.58 bits per heavy atom. The Labute approximate surface area is 138 Å². The standard InChI is InChI=1S/C17H19N3O4/c1-11-5-7-12(8-6-11)20-15(21)10-13(18-20)16(22)19-9-3-2-4-14(19)17(23)24/h5-8,10,14,18H,2-4,9H2,1H3,(H,23,24). The lowest BCUT2D eigenvalue weighted by Gasteiger charge is -2.32. The van der Waals surface area contributed by atoms with Crippen molar-refractivity contribution in [2.24, 2.45) is 0 Å². The van der Waals surface area contributed by atoms with Crippen molar-refractivity contribution in [3.05, 3.63) is 51.9 Å². The summed E-state index contributed by atoms with van der Waals surface area (Å²) in [4.78, 5) is 37.5. The summed E-state index contributed by atoms with van der Waals surface area (Å²) in [6.45, 7) is 2.33. The number of aliphatic carboxylic acids is 1. The summed E-state index contributed by atoms with van der Waals surface area (Å²) in [6.07, 6.45) is 1.98. The number of rotatable bonds is 3. The summed E-state index contributed by atoms with van der Waals surface area (Å²) < 4.78 is 1.28. The molecule has 0 radical (unpaired) electrons. The molecule has 1 aromatic carbocycles. The predicted octanol–water partition coefficient (Wildman–Crippen LogP) is 1.55. The van der Waals surface area contributed by atoms with E-state index in [0.717, 1.165) is 18.4 Å². The number of nitrogens with one attached hydrogen (secondary N) is 1. The van der Waals surface area contributed by atoms with Crippen molar-refractivity contribution < 1.29 is 14.7 Å². The lowest BCUT2D eigenvalue weighted by Crippen LogP contribution is -2.48. The fourth-order valence-electron chi connectivity index (χ4n) is 2.98. The van der Waals surface area contributed by atoms with Crippen molar-refractivity contribution in [3.63, 3.8) is 0 Å². The first-order valence-electron chi connectivity index (χ1n) is 7.90. The average Bonchev–Trinajstić information content (AvgIpc) is 2.96. The van der Waals surface area contributed by atoms with Crippen LogP contribution in [-0.4, -0.2) is 44.3 Å². The molecule has 24 heavy (non-hydrogen) atoms. The molecule has 1 amide bonds. The second kappa shape index (κ2) is 6.35. The molecule has 3 rings (SSSR count). The van der Waals surface area contributed by atoms with Gasteiger partial charge in [0.2, 0.25) is 0 Å². The average molecular weight is 329 g/mol. The third-order valence-electron chi connectivity index (χ3n) is 4.29. The number of aromatic amines is 1. The number of carbonyl (C=O) groups is 2. The third kappa shape index (κ3) is 2.97. The first-order valence-corrected chi connectivity index (χ1v) is 7.90. The van der Waals surface area contributed by atoms with Gasteiger partial charge < -0.3 is 10.0 Å². The number of carboxylic acid groups (broad SMARTS) is 1. The van der Waals surface area contributed by atoms with E-state index in [-0.39, 0.29) is 11.3 Å². The smallest absolute Gasteiger partial charge is 0.326 e. The molecule has 0 spiro atoms. The fourth-order valence-corrected chi connectivity index (χ4v) is 2.98. The maximum Gasteiger partial charge on any atom is 0.326 e. The molecular formula is C17H19N3O4. The number of piperidine rings is 1. The minimum atomic E-state index is -1.01. The van der Waals surface area contributed by atoms with E-state index < -0.39 is 17.9 Å². The van der Waals surface area contributed by atoms with E-state index in [9.17, 15) is 19.5 Å². The molecule has 1 saturated heterocycles. The van der Waals surface area contributed by atoms with Crippen LogP contribution in [0.25, 0.3) is 5.69 Å². The van der Waals surface area contributed by atoms with Crippen molar-refractivity contribution in [1.29, 1.82) is 0 Å². The highest BCUT2D eigenvalue weighted by atomic mass is 16.4. The summed E-state index contributed by atoms with van der Waals surface area (Å²) in [5.74, 6) is -1.46. The summed E-state index contributed by atoms with van der Waals surface area (Å²) >= 11 is 0. The van der Waals surface area contributed by atoms with E-state index in [0.29, 0.717) is 18.7 Å². The zero-order chi connectivity index (χ0) is 17.3. The Bertz CT molecular complexity index is 819. The highest BCUT2D eigenvalue weighted by Gasteiger charge is 2.33. The van der Waals surface area contributed by atoms with Crippen LogP contribution in [0.3, 0.4) is 0 Å². The first-order chi connectivity index (χ1) is 11.5. The van der Waals surface area contributed by atoms with Gasteiger partial charge in [0, 0.05) is 12.6 Å². The highest BCUT2D eigenvalue weighted by molar-refractivity contribution is 5.95.